The van der Waals surface area contributed by atoms with Gasteiger partial charge in [0, 0.05) is 17.1 Å². The average Bonchev–Trinajstić information content (AvgIpc) is 3.20. The Labute approximate surface area is 132 Å². The molecule has 1 aliphatic rings. The highest BCUT2D eigenvalue weighted by molar-refractivity contribution is 5.85. The first-order chi connectivity index (χ1) is 10.8. The summed E-state index contributed by atoms with van der Waals surface area (Å²) in [4.78, 5) is 5.86. The molecule has 0 radical (unpaired) electrons. The van der Waals surface area contributed by atoms with Crippen molar-refractivity contribution >= 4 is 10.9 Å². The molecule has 0 bridgehead atoms. The highest BCUT2D eigenvalue weighted by Crippen LogP contribution is 2.51. The lowest BCUT2D eigenvalue weighted by atomic mass is 10.0. The molecule has 3 nitrogen and oxygen atoms in total. The van der Waals surface area contributed by atoms with Gasteiger partial charge in [-0.15, -0.1) is 0 Å². The Kier molecular flexibility index (Phi) is 4.49. The van der Waals surface area contributed by atoms with Gasteiger partial charge in [0.1, 0.15) is 0 Å². The first-order valence-electron chi connectivity index (χ1n) is 8.50. The van der Waals surface area contributed by atoms with E-state index in [1.807, 2.05) is 18.2 Å². The van der Waals surface area contributed by atoms with Crippen LogP contribution < -0.4 is 0 Å². The summed E-state index contributed by atoms with van der Waals surface area (Å²) >= 11 is 0. The zero-order valence-corrected chi connectivity index (χ0v) is 13.6. The van der Waals surface area contributed by atoms with E-state index in [4.69, 9.17) is 5.26 Å². The van der Waals surface area contributed by atoms with Crippen molar-refractivity contribution in [1.29, 1.82) is 5.26 Å². The molecular weight excluding hydrogens is 270 g/mol. The summed E-state index contributed by atoms with van der Waals surface area (Å²) < 4.78 is 0. The fourth-order valence-electron chi connectivity index (χ4n) is 3.58. The van der Waals surface area contributed by atoms with Gasteiger partial charge in [0.15, 0.2) is 0 Å². The second-order valence-corrected chi connectivity index (χ2v) is 6.39. The largest absolute Gasteiger partial charge is 0.361 e. The fraction of sp³-hybridized carbons (Fsp3) is 0.526. The van der Waals surface area contributed by atoms with E-state index in [0.29, 0.717) is 5.92 Å². The van der Waals surface area contributed by atoms with Crippen molar-refractivity contribution in [3.05, 3.63) is 35.5 Å². The Balaban J connectivity index is 1.61. The first-order valence-corrected chi connectivity index (χ1v) is 8.50. The molecule has 1 N–H and O–H groups in total. The Hall–Kier alpha value is -1.79. The summed E-state index contributed by atoms with van der Waals surface area (Å²) in [6.07, 6.45) is 6.09. The third kappa shape index (κ3) is 3.03. The Morgan fingerprint density at radius 1 is 1.32 bits per heavy atom. The monoisotopic (exact) mass is 295 g/mol. The first kappa shape index (κ1) is 15.1. The van der Waals surface area contributed by atoms with Crippen molar-refractivity contribution in [2.75, 3.05) is 19.6 Å². The molecule has 1 fully saturated rings. The van der Waals surface area contributed by atoms with Crippen LogP contribution in [0.2, 0.25) is 0 Å². The topological polar surface area (TPSA) is 42.8 Å². The summed E-state index contributed by atoms with van der Waals surface area (Å²) in [5.74, 6) is 1.53. The molecule has 1 saturated carbocycles. The molecule has 0 saturated heterocycles. The number of benzene rings is 1. The van der Waals surface area contributed by atoms with Crippen LogP contribution in [0.25, 0.3) is 10.9 Å². The molecule has 3 heteroatoms. The van der Waals surface area contributed by atoms with Crippen molar-refractivity contribution in [2.24, 2.45) is 5.92 Å². The van der Waals surface area contributed by atoms with E-state index in [-0.39, 0.29) is 0 Å². The molecule has 0 aliphatic heterocycles. The number of nitriles is 1. The number of nitrogens with one attached hydrogen (secondary N) is 1. The van der Waals surface area contributed by atoms with Crippen LogP contribution in [-0.2, 0) is 0 Å². The molecule has 1 aliphatic carbocycles. The normalized spacial score (nSPS) is 20.5. The molecule has 0 unspecified atom stereocenters. The van der Waals surface area contributed by atoms with Crippen LogP contribution in [0.5, 0.6) is 0 Å². The quantitative estimate of drug-likeness (QED) is 0.829. The minimum Gasteiger partial charge on any atom is -0.361 e. The Morgan fingerprint density at radius 3 is 2.86 bits per heavy atom. The van der Waals surface area contributed by atoms with Crippen LogP contribution in [0.1, 0.15) is 50.2 Å². The van der Waals surface area contributed by atoms with E-state index in [2.05, 4.69) is 36.0 Å². The number of hydrogen-bond acceptors (Lipinski definition) is 2. The second-order valence-electron chi connectivity index (χ2n) is 6.39. The van der Waals surface area contributed by atoms with Crippen molar-refractivity contribution in [1.82, 2.24) is 9.88 Å². The van der Waals surface area contributed by atoms with E-state index in [1.54, 1.807) is 0 Å². The average molecular weight is 295 g/mol. The van der Waals surface area contributed by atoms with Gasteiger partial charge in [0.05, 0.1) is 11.6 Å². The summed E-state index contributed by atoms with van der Waals surface area (Å²) in [5.41, 5.74) is 3.33. The molecule has 22 heavy (non-hydrogen) atoms. The van der Waals surface area contributed by atoms with Crippen LogP contribution >= 0.6 is 0 Å². The SMILES string of the molecule is CCN(CC)CCC[C@@H]1C[C@H]1c1c[nH]c2ccc(C#N)cc12. The summed E-state index contributed by atoms with van der Waals surface area (Å²) in [6, 6.07) is 8.19. The van der Waals surface area contributed by atoms with Crippen molar-refractivity contribution in [3.63, 3.8) is 0 Å². The third-order valence-electron chi connectivity index (χ3n) is 5.11. The van der Waals surface area contributed by atoms with Gasteiger partial charge in [-0.3, -0.25) is 0 Å². The molecule has 2 aromatic rings. The lowest BCUT2D eigenvalue weighted by Gasteiger charge is -2.17. The van der Waals surface area contributed by atoms with Gasteiger partial charge in [-0.2, -0.15) is 5.26 Å². The van der Waals surface area contributed by atoms with Gasteiger partial charge >= 0.3 is 0 Å². The Morgan fingerprint density at radius 2 is 2.14 bits per heavy atom. The molecule has 2 atom stereocenters. The van der Waals surface area contributed by atoms with Gasteiger partial charge in [0.2, 0.25) is 0 Å². The van der Waals surface area contributed by atoms with Gasteiger partial charge in [-0.05, 0) is 74.5 Å². The van der Waals surface area contributed by atoms with Crippen molar-refractivity contribution < 1.29 is 0 Å². The third-order valence-corrected chi connectivity index (χ3v) is 5.11. The smallest absolute Gasteiger partial charge is 0.0991 e. The lowest BCUT2D eigenvalue weighted by Crippen LogP contribution is -2.23. The minimum absolute atomic E-state index is 0.694. The molecule has 1 heterocycles. The molecule has 0 spiro atoms. The van der Waals surface area contributed by atoms with E-state index >= 15 is 0 Å². The highest BCUT2D eigenvalue weighted by Gasteiger charge is 2.38. The highest BCUT2D eigenvalue weighted by atomic mass is 15.1. The summed E-state index contributed by atoms with van der Waals surface area (Å²) in [6.45, 7) is 8.01. The lowest BCUT2D eigenvalue weighted by molar-refractivity contribution is 0.294. The maximum Gasteiger partial charge on any atom is 0.0991 e. The molecule has 0 amide bonds. The van der Waals surface area contributed by atoms with Crippen LogP contribution in [0.3, 0.4) is 0 Å². The van der Waals surface area contributed by atoms with Gasteiger partial charge < -0.3 is 9.88 Å². The van der Waals surface area contributed by atoms with E-state index in [9.17, 15) is 0 Å². The van der Waals surface area contributed by atoms with Crippen LogP contribution in [0, 0.1) is 17.2 Å². The molecule has 116 valence electrons. The standard InChI is InChI=1S/C19H25N3/c1-3-22(4-2)9-5-6-15-11-16(15)18-13-21-19-8-7-14(12-20)10-17(18)19/h7-8,10,13,15-16,21H,3-6,9,11H2,1-2H3/t15-,16-/m1/s1. The Bertz CT molecular complexity index is 676. The number of nitrogens with zero attached hydrogens (tertiary/aromatic N) is 2. The zero-order valence-electron chi connectivity index (χ0n) is 13.6. The number of aromatic amines is 1. The van der Waals surface area contributed by atoms with Crippen molar-refractivity contribution in [2.45, 2.75) is 39.0 Å². The van der Waals surface area contributed by atoms with Gasteiger partial charge in [0.25, 0.3) is 0 Å². The fourth-order valence-corrected chi connectivity index (χ4v) is 3.58. The maximum atomic E-state index is 9.08. The predicted molar refractivity (Wildman–Crippen MR) is 90.9 cm³/mol. The van der Waals surface area contributed by atoms with E-state index in [0.717, 1.165) is 30.1 Å². The zero-order chi connectivity index (χ0) is 15.5. The number of hydrogen-bond donors (Lipinski definition) is 1. The molecule has 3 rings (SSSR count). The number of fused-ring (bicyclic) bond motifs is 1. The minimum atomic E-state index is 0.694. The van der Waals surface area contributed by atoms with Crippen LogP contribution in [0.15, 0.2) is 24.4 Å². The predicted octanol–water partition coefficient (Wildman–Crippen LogP) is 4.27. The van der Waals surface area contributed by atoms with Crippen molar-refractivity contribution in [3.8, 4) is 6.07 Å². The molecule has 1 aromatic heterocycles. The van der Waals surface area contributed by atoms with Crippen LogP contribution in [-0.4, -0.2) is 29.5 Å². The van der Waals surface area contributed by atoms with Gasteiger partial charge in [-0.25, -0.2) is 0 Å². The maximum absolute atomic E-state index is 9.08. The molecular formula is C19H25N3. The van der Waals surface area contributed by atoms with E-state index in [1.165, 1.54) is 36.8 Å². The number of H-pyrrole nitrogens is 1. The summed E-state index contributed by atoms with van der Waals surface area (Å²) in [7, 11) is 0. The summed E-state index contributed by atoms with van der Waals surface area (Å²) in [5, 5.41) is 10.3. The molecule has 1 aromatic carbocycles. The number of aromatic nitrogens is 1. The van der Waals surface area contributed by atoms with Crippen LogP contribution in [0.4, 0.5) is 0 Å². The second kappa shape index (κ2) is 6.54. The van der Waals surface area contributed by atoms with E-state index < -0.39 is 0 Å². The van der Waals surface area contributed by atoms with Gasteiger partial charge in [-0.1, -0.05) is 13.8 Å². The number of rotatable bonds is 7.